The highest BCUT2D eigenvalue weighted by Gasteiger charge is 2.55. The number of hydrogen-bond acceptors (Lipinski definition) is 5. The Morgan fingerprint density at radius 1 is 1.14 bits per heavy atom. The molecule has 0 saturated carbocycles. The molecule has 0 aliphatic carbocycles. The molecule has 112 valence electrons. The van der Waals surface area contributed by atoms with Crippen LogP contribution < -0.4 is 0 Å². The van der Waals surface area contributed by atoms with Crippen LogP contribution >= 0.6 is 0 Å². The fourth-order valence-electron chi connectivity index (χ4n) is 2.34. The van der Waals surface area contributed by atoms with Crippen molar-refractivity contribution in [3.05, 3.63) is 42.5 Å². The molecule has 0 radical (unpaired) electrons. The van der Waals surface area contributed by atoms with Gasteiger partial charge in [-0.2, -0.15) is 0 Å². The molecule has 1 aliphatic heterocycles. The summed E-state index contributed by atoms with van der Waals surface area (Å²) >= 11 is 0. The molecular formula is C16H18O5. The Kier molecular flexibility index (Phi) is 3.77. The van der Waals surface area contributed by atoms with Crippen LogP contribution in [0.25, 0.3) is 0 Å². The van der Waals surface area contributed by atoms with Crippen molar-refractivity contribution in [2.45, 2.75) is 32.5 Å². The molecule has 21 heavy (non-hydrogen) atoms. The number of benzene rings is 1. The van der Waals surface area contributed by atoms with Gasteiger partial charge in [-0.25, -0.2) is 0 Å². The van der Waals surface area contributed by atoms with Crippen LogP contribution in [0, 0.1) is 5.41 Å². The minimum Gasteiger partial charge on any atom is -0.508 e. The van der Waals surface area contributed by atoms with E-state index in [0.717, 1.165) is 5.56 Å². The van der Waals surface area contributed by atoms with Crippen LogP contribution in [0.15, 0.2) is 36.9 Å². The van der Waals surface area contributed by atoms with Crippen LogP contribution in [0.4, 0.5) is 0 Å². The second-order valence-corrected chi connectivity index (χ2v) is 5.60. The topological polar surface area (TPSA) is 72.8 Å². The summed E-state index contributed by atoms with van der Waals surface area (Å²) < 4.78 is 10.5. The minimum atomic E-state index is -1.42. The third-order valence-corrected chi connectivity index (χ3v) is 3.39. The van der Waals surface area contributed by atoms with Crippen LogP contribution in [0.3, 0.4) is 0 Å². The quantitative estimate of drug-likeness (QED) is 0.523. The maximum Gasteiger partial charge on any atom is 0.327 e. The van der Waals surface area contributed by atoms with E-state index in [1.807, 2.05) is 0 Å². The van der Waals surface area contributed by atoms with E-state index in [-0.39, 0.29) is 18.6 Å². The predicted octanol–water partition coefficient (Wildman–Crippen LogP) is 2.33. The smallest absolute Gasteiger partial charge is 0.327 e. The Balaban J connectivity index is 2.36. The lowest BCUT2D eigenvalue weighted by Crippen LogP contribution is -2.54. The van der Waals surface area contributed by atoms with Gasteiger partial charge in [0.05, 0.1) is 0 Å². The lowest BCUT2D eigenvalue weighted by atomic mass is 9.77. The summed E-state index contributed by atoms with van der Waals surface area (Å²) in [6, 6.07) is 6.31. The molecule has 0 amide bonds. The summed E-state index contributed by atoms with van der Waals surface area (Å²) in [4.78, 5) is 24.8. The number of rotatable bonds is 4. The van der Waals surface area contributed by atoms with Crippen molar-refractivity contribution in [3.63, 3.8) is 0 Å². The molecule has 2 rings (SSSR count). The first kappa shape index (κ1) is 15.1. The number of carbonyl (C=O) groups excluding carboxylic acids is 2. The SMILES string of the molecule is C=CCC1(Cc2ccc(O)cc2)C(=O)OC(C)(C)OC1=O. The Morgan fingerprint density at radius 2 is 1.67 bits per heavy atom. The zero-order valence-corrected chi connectivity index (χ0v) is 12.1. The van der Waals surface area contributed by atoms with Crippen molar-refractivity contribution in [2.75, 3.05) is 0 Å². The molecule has 1 N–H and O–H groups in total. The number of ether oxygens (including phenoxy) is 2. The average Bonchev–Trinajstić information content (AvgIpc) is 2.38. The lowest BCUT2D eigenvalue weighted by Gasteiger charge is -2.39. The van der Waals surface area contributed by atoms with Gasteiger partial charge in [0.25, 0.3) is 5.79 Å². The molecule has 1 heterocycles. The van der Waals surface area contributed by atoms with Crippen molar-refractivity contribution in [1.29, 1.82) is 0 Å². The molecule has 5 nitrogen and oxygen atoms in total. The van der Waals surface area contributed by atoms with Crippen LogP contribution in [0.2, 0.25) is 0 Å². The third-order valence-electron chi connectivity index (χ3n) is 3.39. The Bertz CT molecular complexity index is 551. The molecule has 0 atom stereocenters. The van der Waals surface area contributed by atoms with Gasteiger partial charge in [-0.1, -0.05) is 18.2 Å². The molecule has 5 heteroatoms. The predicted molar refractivity (Wildman–Crippen MR) is 75.3 cm³/mol. The fourth-order valence-corrected chi connectivity index (χ4v) is 2.34. The number of phenols is 1. The Morgan fingerprint density at radius 3 is 2.14 bits per heavy atom. The van der Waals surface area contributed by atoms with Gasteiger partial charge in [-0.05, 0) is 30.5 Å². The van der Waals surface area contributed by atoms with E-state index in [9.17, 15) is 14.7 Å². The maximum absolute atomic E-state index is 12.4. The number of phenolic OH excluding ortho intramolecular Hbond substituents is 1. The fraction of sp³-hybridized carbons (Fsp3) is 0.375. The minimum absolute atomic E-state index is 0.117. The number of hydrogen-bond donors (Lipinski definition) is 1. The largest absolute Gasteiger partial charge is 0.508 e. The first-order valence-corrected chi connectivity index (χ1v) is 6.65. The summed E-state index contributed by atoms with van der Waals surface area (Å²) in [6.45, 7) is 6.64. The van der Waals surface area contributed by atoms with Crippen molar-refractivity contribution in [3.8, 4) is 5.75 Å². The van der Waals surface area contributed by atoms with Gasteiger partial charge in [0.2, 0.25) is 0 Å². The molecule has 0 unspecified atom stereocenters. The normalized spacial score (nSPS) is 19.5. The highest BCUT2D eigenvalue weighted by atomic mass is 16.7. The first-order valence-electron chi connectivity index (χ1n) is 6.65. The van der Waals surface area contributed by atoms with Crippen LogP contribution in [-0.2, 0) is 25.5 Å². The second-order valence-electron chi connectivity index (χ2n) is 5.60. The zero-order valence-electron chi connectivity index (χ0n) is 12.1. The van der Waals surface area contributed by atoms with E-state index in [1.54, 1.807) is 12.1 Å². The summed E-state index contributed by atoms with van der Waals surface area (Å²) in [5.74, 6) is -2.37. The van der Waals surface area contributed by atoms with Gasteiger partial charge in [0, 0.05) is 13.8 Å². The van der Waals surface area contributed by atoms with Crippen molar-refractivity contribution >= 4 is 11.9 Å². The summed E-state index contributed by atoms with van der Waals surface area (Å²) in [6.07, 6.45) is 1.76. The first-order chi connectivity index (χ1) is 9.79. The number of aromatic hydroxyl groups is 1. The van der Waals surface area contributed by atoms with E-state index in [1.165, 1.54) is 32.1 Å². The molecule has 0 aromatic heterocycles. The van der Waals surface area contributed by atoms with Crippen molar-refractivity contribution in [2.24, 2.45) is 5.41 Å². The monoisotopic (exact) mass is 290 g/mol. The average molecular weight is 290 g/mol. The molecule has 1 aromatic carbocycles. The van der Waals surface area contributed by atoms with E-state index in [0.29, 0.717) is 0 Å². The molecule has 1 fully saturated rings. The van der Waals surface area contributed by atoms with E-state index < -0.39 is 23.1 Å². The molecule has 1 aliphatic rings. The van der Waals surface area contributed by atoms with Gasteiger partial charge >= 0.3 is 11.9 Å². The van der Waals surface area contributed by atoms with E-state index in [2.05, 4.69) is 6.58 Å². The molecule has 0 bridgehead atoms. The highest BCUT2D eigenvalue weighted by Crippen LogP contribution is 2.38. The van der Waals surface area contributed by atoms with Gasteiger partial charge in [0.15, 0.2) is 5.41 Å². The standard InChI is InChI=1S/C16H18O5/c1-4-9-16(10-11-5-7-12(17)8-6-11)13(18)20-15(2,3)21-14(16)19/h4-8,17H,1,9-10H2,2-3H3. The highest BCUT2D eigenvalue weighted by molar-refractivity contribution is 6.02. The number of allylic oxidation sites excluding steroid dienone is 1. The Hall–Kier alpha value is -2.30. The molecular weight excluding hydrogens is 272 g/mol. The molecule has 1 aromatic rings. The van der Waals surface area contributed by atoms with Crippen LogP contribution in [-0.4, -0.2) is 22.8 Å². The van der Waals surface area contributed by atoms with Crippen molar-refractivity contribution < 1.29 is 24.2 Å². The molecule has 0 spiro atoms. The number of cyclic esters (lactones) is 2. The van der Waals surface area contributed by atoms with Gasteiger partial charge in [-0.3, -0.25) is 9.59 Å². The summed E-state index contributed by atoms with van der Waals surface area (Å²) in [5, 5.41) is 9.30. The van der Waals surface area contributed by atoms with Gasteiger partial charge in [0.1, 0.15) is 5.75 Å². The molecule has 1 saturated heterocycles. The van der Waals surface area contributed by atoms with Gasteiger partial charge < -0.3 is 14.6 Å². The number of esters is 2. The third kappa shape index (κ3) is 2.91. The van der Waals surface area contributed by atoms with Crippen LogP contribution in [0.5, 0.6) is 5.75 Å². The zero-order chi connectivity index (χ0) is 15.7. The summed E-state index contributed by atoms with van der Waals surface area (Å²) in [5.41, 5.74) is -0.697. The van der Waals surface area contributed by atoms with E-state index in [4.69, 9.17) is 9.47 Å². The van der Waals surface area contributed by atoms with E-state index >= 15 is 0 Å². The number of carbonyl (C=O) groups is 2. The van der Waals surface area contributed by atoms with Crippen molar-refractivity contribution in [1.82, 2.24) is 0 Å². The second kappa shape index (κ2) is 5.24. The van der Waals surface area contributed by atoms with Gasteiger partial charge in [-0.15, -0.1) is 6.58 Å². The summed E-state index contributed by atoms with van der Waals surface area (Å²) in [7, 11) is 0. The Labute approximate surface area is 123 Å². The maximum atomic E-state index is 12.4. The lowest BCUT2D eigenvalue weighted by molar-refractivity contribution is -0.250. The van der Waals surface area contributed by atoms with Crippen LogP contribution in [0.1, 0.15) is 25.8 Å².